The fourth-order valence-corrected chi connectivity index (χ4v) is 4.28. The van der Waals surface area contributed by atoms with E-state index in [1.807, 2.05) is 0 Å². The van der Waals surface area contributed by atoms with Gasteiger partial charge < -0.3 is 14.8 Å². The summed E-state index contributed by atoms with van der Waals surface area (Å²) in [6.07, 6.45) is 2.43. The van der Waals surface area contributed by atoms with Gasteiger partial charge in [-0.3, -0.25) is 13.9 Å². The Morgan fingerprint density at radius 2 is 1.68 bits per heavy atom. The monoisotopic (exact) mass is 588 g/mol. The summed E-state index contributed by atoms with van der Waals surface area (Å²) in [5.41, 5.74) is 3.95. The van der Waals surface area contributed by atoms with Crippen molar-refractivity contribution >= 4 is 55.4 Å². The molecule has 0 fully saturated rings. The number of sulfonamides is 1. The zero-order chi connectivity index (χ0) is 26.8. The number of hydrogen-bond acceptors (Lipinski definition) is 7. The van der Waals surface area contributed by atoms with Crippen LogP contribution >= 0.6 is 15.9 Å². The van der Waals surface area contributed by atoms with Crippen molar-refractivity contribution in [2.75, 3.05) is 36.1 Å². The molecule has 0 unspecified atom stereocenters. The van der Waals surface area contributed by atoms with Crippen LogP contribution in [0.4, 0.5) is 11.4 Å². The van der Waals surface area contributed by atoms with E-state index in [0.29, 0.717) is 32.9 Å². The molecule has 3 aromatic carbocycles. The maximum atomic E-state index is 12.3. The average molecular weight is 589 g/mol. The Kier molecular flexibility index (Phi) is 9.64. The van der Waals surface area contributed by atoms with Crippen LogP contribution in [-0.2, 0) is 19.6 Å². The maximum Gasteiger partial charge on any atom is 0.262 e. The minimum absolute atomic E-state index is 0.176. The van der Waals surface area contributed by atoms with E-state index in [1.165, 1.54) is 6.21 Å². The van der Waals surface area contributed by atoms with Gasteiger partial charge in [-0.05, 0) is 72.3 Å². The van der Waals surface area contributed by atoms with Gasteiger partial charge in [0.05, 0.1) is 25.3 Å². The predicted octanol–water partition coefficient (Wildman–Crippen LogP) is 3.39. The summed E-state index contributed by atoms with van der Waals surface area (Å²) in [4.78, 5) is 24.4. The van der Waals surface area contributed by atoms with Crippen LogP contribution in [0.15, 0.2) is 82.4 Å². The SMILES string of the molecule is COc1ccc(NC(=O)COc2ccc(/C=N\NC(=O)CN(c3cccc(Br)c3)S(C)(=O)=O)cc2)cc1. The molecule has 0 spiro atoms. The number of anilines is 2. The van der Waals surface area contributed by atoms with Gasteiger partial charge >= 0.3 is 0 Å². The lowest BCUT2D eigenvalue weighted by Gasteiger charge is -2.21. The van der Waals surface area contributed by atoms with E-state index < -0.39 is 22.5 Å². The first-order chi connectivity index (χ1) is 17.6. The van der Waals surface area contributed by atoms with Gasteiger partial charge in [-0.15, -0.1) is 0 Å². The van der Waals surface area contributed by atoms with E-state index in [9.17, 15) is 18.0 Å². The highest BCUT2D eigenvalue weighted by Gasteiger charge is 2.20. The van der Waals surface area contributed by atoms with E-state index >= 15 is 0 Å². The van der Waals surface area contributed by atoms with Crippen molar-refractivity contribution in [1.29, 1.82) is 0 Å². The Hall–Kier alpha value is -3.90. The minimum atomic E-state index is -3.69. The topological polar surface area (TPSA) is 126 Å². The lowest BCUT2D eigenvalue weighted by Crippen LogP contribution is -2.39. The summed E-state index contributed by atoms with van der Waals surface area (Å²) >= 11 is 3.29. The van der Waals surface area contributed by atoms with Crippen LogP contribution in [0.5, 0.6) is 11.5 Å². The first-order valence-corrected chi connectivity index (χ1v) is 13.5. The number of amides is 2. The molecule has 0 aromatic heterocycles. The van der Waals surface area contributed by atoms with E-state index in [1.54, 1.807) is 79.9 Å². The molecule has 0 bridgehead atoms. The highest BCUT2D eigenvalue weighted by Crippen LogP contribution is 2.22. The molecular formula is C25H25BrN4O6S. The smallest absolute Gasteiger partial charge is 0.262 e. The number of carbonyl (C=O) groups is 2. The van der Waals surface area contributed by atoms with E-state index in [0.717, 1.165) is 10.6 Å². The molecule has 3 rings (SSSR count). The lowest BCUT2D eigenvalue weighted by molar-refractivity contribution is -0.119. The highest BCUT2D eigenvalue weighted by atomic mass is 79.9. The summed E-state index contributed by atoms with van der Waals surface area (Å²) in [7, 11) is -2.13. The van der Waals surface area contributed by atoms with Crippen molar-refractivity contribution in [2.24, 2.45) is 5.10 Å². The van der Waals surface area contributed by atoms with Crippen LogP contribution in [0.3, 0.4) is 0 Å². The zero-order valence-corrected chi connectivity index (χ0v) is 22.5. The Morgan fingerprint density at radius 3 is 2.30 bits per heavy atom. The summed E-state index contributed by atoms with van der Waals surface area (Å²) in [5.74, 6) is 0.242. The number of halogens is 1. The van der Waals surface area contributed by atoms with Crippen LogP contribution in [0.25, 0.3) is 0 Å². The van der Waals surface area contributed by atoms with Gasteiger partial charge in [0, 0.05) is 10.2 Å². The molecule has 194 valence electrons. The van der Waals surface area contributed by atoms with Crippen molar-refractivity contribution in [3.63, 3.8) is 0 Å². The lowest BCUT2D eigenvalue weighted by atomic mass is 10.2. The number of nitrogens with zero attached hydrogens (tertiary/aromatic N) is 2. The number of ether oxygens (including phenoxy) is 2. The number of carbonyl (C=O) groups excluding carboxylic acids is 2. The second kappa shape index (κ2) is 12.9. The maximum absolute atomic E-state index is 12.3. The molecule has 2 amide bonds. The molecule has 0 aliphatic heterocycles. The van der Waals surface area contributed by atoms with E-state index in [-0.39, 0.29) is 12.5 Å². The molecule has 12 heteroatoms. The van der Waals surface area contributed by atoms with Crippen molar-refractivity contribution in [2.45, 2.75) is 0 Å². The summed E-state index contributed by atoms with van der Waals surface area (Å²) in [6, 6.07) is 20.2. The first kappa shape index (κ1) is 27.7. The summed E-state index contributed by atoms with van der Waals surface area (Å²) < 4.78 is 36.6. The minimum Gasteiger partial charge on any atom is -0.497 e. The van der Waals surface area contributed by atoms with Crippen molar-refractivity contribution in [3.05, 3.63) is 82.8 Å². The fraction of sp³-hybridized carbons (Fsp3) is 0.160. The first-order valence-electron chi connectivity index (χ1n) is 10.9. The van der Waals surface area contributed by atoms with Gasteiger partial charge in [0.25, 0.3) is 11.8 Å². The number of methoxy groups -OCH3 is 1. The molecule has 0 radical (unpaired) electrons. The molecule has 0 aliphatic carbocycles. The summed E-state index contributed by atoms with van der Waals surface area (Å²) in [5, 5.41) is 6.61. The zero-order valence-electron chi connectivity index (χ0n) is 20.0. The molecule has 0 saturated heterocycles. The van der Waals surface area contributed by atoms with Gasteiger partial charge in [0.2, 0.25) is 10.0 Å². The summed E-state index contributed by atoms with van der Waals surface area (Å²) in [6.45, 7) is -0.609. The predicted molar refractivity (Wildman–Crippen MR) is 146 cm³/mol. The molecule has 0 atom stereocenters. The Bertz CT molecular complexity index is 1360. The fourth-order valence-electron chi connectivity index (χ4n) is 3.05. The Morgan fingerprint density at radius 1 is 1.00 bits per heavy atom. The van der Waals surface area contributed by atoms with Gasteiger partial charge in [-0.25, -0.2) is 13.8 Å². The number of hydrogen-bond donors (Lipinski definition) is 2. The molecule has 0 heterocycles. The molecule has 10 nitrogen and oxygen atoms in total. The average Bonchev–Trinajstić information content (AvgIpc) is 2.86. The van der Waals surface area contributed by atoms with Crippen LogP contribution in [0, 0.1) is 0 Å². The molecule has 3 aromatic rings. The van der Waals surface area contributed by atoms with Crippen LogP contribution in [0.2, 0.25) is 0 Å². The highest BCUT2D eigenvalue weighted by molar-refractivity contribution is 9.10. The molecule has 2 N–H and O–H groups in total. The van der Waals surface area contributed by atoms with Crippen LogP contribution < -0.4 is 24.5 Å². The Labute approximate surface area is 223 Å². The van der Waals surface area contributed by atoms with E-state index in [4.69, 9.17) is 9.47 Å². The van der Waals surface area contributed by atoms with Gasteiger partial charge in [-0.1, -0.05) is 22.0 Å². The van der Waals surface area contributed by atoms with Crippen molar-refractivity contribution in [3.8, 4) is 11.5 Å². The third-order valence-electron chi connectivity index (χ3n) is 4.81. The largest absolute Gasteiger partial charge is 0.497 e. The van der Waals surface area contributed by atoms with E-state index in [2.05, 4.69) is 31.8 Å². The second-order valence-electron chi connectivity index (χ2n) is 7.68. The number of benzene rings is 3. The van der Waals surface area contributed by atoms with Gasteiger partial charge in [-0.2, -0.15) is 5.10 Å². The van der Waals surface area contributed by atoms with Crippen LogP contribution in [0.1, 0.15) is 5.56 Å². The molecule has 0 aliphatic rings. The van der Waals surface area contributed by atoms with Crippen molar-refractivity contribution < 1.29 is 27.5 Å². The van der Waals surface area contributed by atoms with Gasteiger partial charge in [0.15, 0.2) is 6.61 Å². The third kappa shape index (κ3) is 8.92. The quantitative estimate of drug-likeness (QED) is 0.261. The number of rotatable bonds is 11. The molecular weight excluding hydrogens is 564 g/mol. The normalized spacial score (nSPS) is 11.1. The number of nitrogens with one attached hydrogen (secondary N) is 2. The second-order valence-corrected chi connectivity index (χ2v) is 10.5. The standard InChI is InChI=1S/C25H25BrN4O6S/c1-35-22-12-8-20(9-13-22)28-25(32)17-36-23-10-6-18(7-11-23)15-27-29-24(31)16-30(37(2,33)34)21-5-3-4-19(26)14-21/h3-15H,16-17H2,1-2H3,(H,28,32)(H,29,31)/b27-15-. The number of hydrazone groups is 1. The van der Waals surface area contributed by atoms with Gasteiger partial charge in [0.1, 0.15) is 18.0 Å². The Balaban J connectivity index is 1.48. The third-order valence-corrected chi connectivity index (χ3v) is 6.44. The molecule has 0 saturated carbocycles. The van der Waals surface area contributed by atoms with Crippen LogP contribution in [-0.4, -0.2) is 53.0 Å². The van der Waals surface area contributed by atoms with Crippen molar-refractivity contribution in [1.82, 2.24) is 5.43 Å². The molecule has 37 heavy (non-hydrogen) atoms.